The molecule has 0 radical (unpaired) electrons. The molecule has 2 rings (SSSR count). The van der Waals surface area contributed by atoms with Gasteiger partial charge in [0.1, 0.15) is 11.5 Å². The van der Waals surface area contributed by atoms with Crippen LogP contribution in [-0.4, -0.2) is 32.4 Å². The van der Waals surface area contributed by atoms with Crippen LogP contribution in [0.5, 0.6) is 0 Å². The zero-order chi connectivity index (χ0) is 14.0. The van der Waals surface area contributed by atoms with Crippen molar-refractivity contribution in [3.8, 4) is 0 Å². The zero-order valence-corrected chi connectivity index (χ0v) is 11.4. The molecule has 0 aliphatic heterocycles. The number of nitrogens with one attached hydrogen (secondary N) is 1. The average molecular weight is 261 g/mol. The van der Waals surface area contributed by atoms with Crippen molar-refractivity contribution >= 4 is 11.6 Å². The fourth-order valence-electron chi connectivity index (χ4n) is 1.98. The van der Waals surface area contributed by atoms with Crippen LogP contribution in [0, 0.1) is 0 Å². The van der Waals surface area contributed by atoms with Crippen molar-refractivity contribution < 1.29 is 4.79 Å². The van der Waals surface area contributed by atoms with Gasteiger partial charge >= 0.3 is 0 Å². The van der Waals surface area contributed by atoms with Gasteiger partial charge in [0.25, 0.3) is 5.91 Å². The highest BCUT2D eigenvalue weighted by Gasteiger charge is 2.19. The number of nitrogen functional groups attached to an aromatic ring is 1. The van der Waals surface area contributed by atoms with E-state index >= 15 is 0 Å². The normalized spacial score (nSPS) is 10.9. The SMILES string of the molecule is CC(C)n1cc(N)cc1C(=O)N(C)Cc1ncc[nH]1. The highest BCUT2D eigenvalue weighted by atomic mass is 16.2. The molecule has 0 saturated carbocycles. The number of rotatable bonds is 4. The van der Waals surface area contributed by atoms with Crippen LogP contribution in [0.15, 0.2) is 24.7 Å². The fourth-order valence-corrected chi connectivity index (χ4v) is 1.98. The summed E-state index contributed by atoms with van der Waals surface area (Å²) in [7, 11) is 1.75. The van der Waals surface area contributed by atoms with Crippen LogP contribution in [0.1, 0.15) is 36.2 Å². The molecule has 0 bridgehead atoms. The Bertz CT molecular complexity index is 556. The summed E-state index contributed by atoms with van der Waals surface area (Å²) in [6.07, 6.45) is 5.20. The first-order chi connectivity index (χ1) is 8.99. The molecular formula is C13H19N5O. The number of amides is 1. The Balaban J connectivity index is 2.19. The number of imidazole rings is 1. The van der Waals surface area contributed by atoms with Crippen molar-refractivity contribution in [1.29, 1.82) is 0 Å². The average Bonchev–Trinajstić information content (AvgIpc) is 2.97. The Morgan fingerprint density at radius 3 is 2.89 bits per heavy atom. The minimum absolute atomic E-state index is 0.0678. The molecule has 0 unspecified atom stereocenters. The maximum atomic E-state index is 12.4. The van der Waals surface area contributed by atoms with E-state index in [9.17, 15) is 4.79 Å². The van der Waals surface area contributed by atoms with Crippen molar-refractivity contribution in [3.63, 3.8) is 0 Å². The molecule has 6 nitrogen and oxygen atoms in total. The van der Waals surface area contributed by atoms with Crippen LogP contribution < -0.4 is 5.73 Å². The number of nitrogens with two attached hydrogens (primary N) is 1. The van der Waals surface area contributed by atoms with Gasteiger partial charge in [0.05, 0.1) is 12.2 Å². The van der Waals surface area contributed by atoms with E-state index in [0.717, 1.165) is 5.82 Å². The quantitative estimate of drug-likeness (QED) is 0.878. The number of hydrogen-bond acceptors (Lipinski definition) is 3. The van der Waals surface area contributed by atoms with Gasteiger partial charge in [-0.3, -0.25) is 4.79 Å². The maximum Gasteiger partial charge on any atom is 0.270 e. The van der Waals surface area contributed by atoms with Crippen molar-refractivity contribution in [1.82, 2.24) is 19.4 Å². The molecule has 2 heterocycles. The second-order valence-corrected chi connectivity index (χ2v) is 4.86. The highest BCUT2D eigenvalue weighted by Crippen LogP contribution is 2.18. The molecule has 102 valence electrons. The Morgan fingerprint density at radius 1 is 1.58 bits per heavy atom. The van der Waals surface area contributed by atoms with Crippen LogP contribution >= 0.6 is 0 Å². The third-order valence-corrected chi connectivity index (χ3v) is 2.93. The van der Waals surface area contributed by atoms with Gasteiger partial charge in [0, 0.05) is 31.7 Å². The predicted octanol–water partition coefficient (Wildman–Crippen LogP) is 1.65. The lowest BCUT2D eigenvalue weighted by molar-refractivity contribution is 0.0769. The van der Waals surface area contributed by atoms with Crippen LogP contribution in [0.3, 0.4) is 0 Å². The number of hydrogen-bond donors (Lipinski definition) is 2. The number of carbonyl (C=O) groups is 1. The third kappa shape index (κ3) is 2.78. The standard InChI is InChI=1S/C13H19N5O/c1-9(2)18-7-10(14)6-11(18)13(19)17(3)8-12-15-4-5-16-12/h4-7,9H,8,14H2,1-3H3,(H,15,16). The molecule has 19 heavy (non-hydrogen) atoms. The topological polar surface area (TPSA) is 79.9 Å². The molecule has 2 aromatic heterocycles. The molecule has 0 aromatic carbocycles. The summed E-state index contributed by atoms with van der Waals surface area (Å²) in [5.74, 6) is 0.688. The highest BCUT2D eigenvalue weighted by molar-refractivity contribution is 5.93. The smallest absolute Gasteiger partial charge is 0.270 e. The van der Waals surface area contributed by atoms with Crippen LogP contribution in [0.2, 0.25) is 0 Å². The molecule has 1 amide bonds. The Morgan fingerprint density at radius 2 is 2.32 bits per heavy atom. The first kappa shape index (κ1) is 13.2. The fraction of sp³-hybridized carbons (Fsp3) is 0.385. The summed E-state index contributed by atoms with van der Waals surface area (Å²) in [4.78, 5) is 21.1. The van der Waals surface area contributed by atoms with Gasteiger partial charge in [-0.2, -0.15) is 0 Å². The first-order valence-electron chi connectivity index (χ1n) is 6.20. The van der Waals surface area contributed by atoms with E-state index in [2.05, 4.69) is 9.97 Å². The van der Waals surface area contributed by atoms with Gasteiger partial charge in [-0.1, -0.05) is 0 Å². The first-order valence-corrected chi connectivity index (χ1v) is 6.20. The van der Waals surface area contributed by atoms with E-state index in [0.29, 0.717) is 17.9 Å². The minimum atomic E-state index is -0.0678. The van der Waals surface area contributed by atoms with Gasteiger partial charge in [-0.25, -0.2) is 4.98 Å². The summed E-state index contributed by atoms with van der Waals surface area (Å²) in [6, 6.07) is 1.90. The number of H-pyrrole nitrogens is 1. The summed E-state index contributed by atoms with van der Waals surface area (Å²) in [5.41, 5.74) is 6.98. The summed E-state index contributed by atoms with van der Waals surface area (Å²) in [6.45, 7) is 4.47. The predicted molar refractivity (Wildman–Crippen MR) is 73.6 cm³/mol. The van der Waals surface area contributed by atoms with Crippen LogP contribution in [-0.2, 0) is 6.54 Å². The van der Waals surface area contributed by atoms with E-state index in [4.69, 9.17) is 5.73 Å². The minimum Gasteiger partial charge on any atom is -0.397 e. The largest absolute Gasteiger partial charge is 0.397 e. The van der Waals surface area contributed by atoms with E-state index < -0.39 is 0 Å². The lowest BCUT2D eigenvalue weighted by Crippen LogP contribution is -2.29. The molecule has 0 spiro atoms. The second-order valence-electron chi connectivity index (χ2n) is 4.86. The summed E-state index contributed by atoms with van der Waals surface area (Å²) >= 11 is 0. The summed E-state index contributed by atoms with van der Waals surface area (Å²) in [5, 5.41) is 0. The van der Waals surface area contributed by atoms with Crippen molar-refractivity contribution in [2.45, 2.75) is 26.4 Å². The molecular weight excluding hydrogens is 242 g/mol. The summed E-state index contributed by atoms with van der Waals surface area (Å²) < 4.78 is 1.89. The van der Waals surface area contributed by atoms with Crippen molar-refractivity contribution in [2.24, 2.45) is 0 Å². The van der Waals surface area contributed by atoms with Crippen LogP contribution in [0.4, 0.5) is 5.69 Å². The Hall–Kier alpha value is -2.24. The number of nitrogens with zero attached hydrogens (tertiary/aromatic N) is 3. The zero-order valence-electron chi connectivity index (χ0n) is 11.4. The number of aromatic nitrogens is 3. The van der Waals surface area contributed by atoms with Crippen molar-refractivity contribution in [3.05, 3.63) is 36.2 Å². The van der Waals surface area contributed by atoms with Gasteiger partial charge in [-0.05, 0) is 19.9 Å². The van der Waals surface area contributed by atoms with E-state index in [1.54, 1.807) is 36.6 Å². The molecule has 3 N–H and O–H groups in total. The molecule has 0 aliphatic rings. The van der Waals surface area contributed by atoms with Crippen molar-refractivity contribution in [2.75, 3.05) is 12.8 Å². The number of anilines is 1. The second kappa shape index (κ2) is 5.17. The Labute approximate surface area is 112 Å². The monoisotopic (exact) mass is 261 g/mol. The van der Waals surface area contributed by atoms with E-state index in [-0.39, 0.29) is 11.9 Å². The molecule has 0 atom stereocenters. The molecule has 6 heteroatoms. The number of carbonyl (C=O) groups excluding carboxylic acids is 1. The molecule has 2 aromatic rings. The van der Waals surface area contributed by atoms with Gasteiger partial charge in [0.15, 0.2) is 0 Å². The lowest BCUT2D eigenvalue weighted by Gasteiger charge is -2.18. The van der Waals surface area contributed by atoms with Crippen LogP contribution in [0.25, 0.3) is 0 Å². The third-order valence-electron chi connectivity index (χ3n) is 2.93. The lowest BCUT2D eigenvalue weighted by atomic mass is 10.3. The number of aromatic amines is 1. The van der Waals surface area contributed by atoms with Gasteiger partial charge in [-0.15, -0.1) is 0 Å². The maximum absolute atomic E-state index is 12.4. The Kier molecular flexibility index (Phi) is 3.59. The van der Waals surface area contributed by atoms with E-state index in [1.165, 1.54) is 0 Å². The molecule has 0 saturated heterocycles. The van der Waals surface area contributed by atoms with Gasteiger partial charge < -0.3 is 20.2 Å². The molecule has 0 fully saturated rings. The molecule has 0 aliphatic carbocycles. The van der Waals surface area contributed by atoms with Gasteiger partial charge in [0.2, 0.25) is 0 Å². The van der Waals surface area contributed by atoms with E-state index in [1.807, 2.05) is 18.4 Å².